The molecule has 3 amide bonds. The summed E-state index contributed by atoms with van der Waals surface area (Å²) in [5.41, 5.74) is -0.100. The second kappa shape index (κ2) is 14.3. The second-order valence-electron chi connectivity index (χ2n) is 14.2. The van der Waals surface area contributed by atoms with E-state index in [0.29, 0.717) is 30.0 Å². The Morgan fingerprint density at radius 3 is 2.52 bits per heavy atom. The molecule has 0 spiro atoms. The quantitative estimate of drug-likeness (QED) is 0.293. The van der Waals surface area contributed by atoms with E-state index in [9.17, 15) is 24.3 Å². The second-order valence-corrected chi connectivity index (χ2v) is 15.1. The van der Waals surface area contributed by atoms with Gasteiger partial charge in [-0.05, 0) is 82.2 Å². The number of carbonyl (C=O) groups is 4. The molecule has 1 saturated carbocycles. The number of alkyl carbamates (subject to hydrolysis) is 1. The van der Waals surface area contributed by atoms with Gasteiger partial charge in [-0.3, -0.25) is 9.59 Å². The van der Waals surface area contributed by atoms with Crippen LogP contribution in [0.3, 0.4) is 0 Å². The zero-order chi connectivity index (χ0) is 35.6. The smallest absolute Gasteiger partial charge is 0.408 e. The maximum Gasteiger partial charge on any atom is 0.408 e. The molecule has 2 aromatic heterocycles. The van der Waals surface area contributed by atoms with E-state index >= 15 is 0 Å². The first-order valence-corrected chi connectivity index (χ1v) is 17.9. The van der Waals surface area contributed by atoms with Gasteiger partial charge in [0.2, 0.25) is 11.8 Å². The number of carbonyl (C=O) groups excluding carboxylic acids is 3. The summed E-state index contributed by atoms with van der Waals surface area (Å²) < 4.78 is 10.8. The van der Waals surface area contributed by atoms with Crippen LogP contribution in [0.15, 0.2) is 53.9 Å². The third-order valence-corrected chi connectivity index (χ3v) is 10.3. The molecule has 50 heavy (non-hydrogen) atoms. The van der Waals surface area contributed by atoms with Gasteiger partial charge in [0.15, 0.2) is 0 Å². The molecule has 5 atom stereocenters. The van der Waals surface area contributed by atoms with Gasteiger partial charge in [-0.1, -0.05) is 31.1 Å². The van der Waals surface area contributed by atoms with Crippen LogP contribution in [0, 0.1) is 5.92 Å². The number of carboxylic acid groups (broad SMARTS) is 1. The highest BCUT2D eigenvalue weighted by atomic mass is 32.1. The average molecular weight is 705 g/mol. The predicted octanol–water partition coefficient (Wildman–Crippen LogP) is 5.20. The van der Waals surface area contributed by atoms with Gasteiger partial charge in [0.25, 0.3) is 0 Å². The molecular formula is C36H44N6O7S. The summed E-state index contributed by atoms with van der Waals surface area (Å²) in [4.78, 5) is 57.9. The van der Waals surface area contributed by atoms with Crippen molar-refractivity contribution in [1.82, 2.24) is 30.5 Å². The number of hydrogen-bond donors (Lipinski definition) is 3. The fourth-order valence-electron chi connectivity index (χ4n) is 6.70. The minimum atomic E-state index is -1.44. The topological polar surface area (TPSA) is 165 Å². The number of nitrogens with one attached hydrogen (secondary N) is 2. The highest BCUT2D eigenvalue weighted by molar-refractivity contribution is 7.13. The largest absolute Gasteiger partial charge is 0.497 e. The van der Waals surface area contributed by atoms with Crippen LogP contribution in [0.25, 0.3) is 21.8 Å². The number of thiophene rings is 1. The normalized spacial score (nSPS) is 26.4. The zero-order valence-corrected chi connectivity index (χ0v) is 29.6. The molecule has 2 fully saturated rings. The number of amides is 3. The molecule has 3 aliphatic rings. The van der Waals surface area contributed by atoms with Gasteiger partial charge in [0.05, 0.1) is 18.0 Å². The molecule has 0 unspecified atom stereocenters. The summed E-state index contributed by atoms with van der Waals surface area (Å²) in [7, 11) is 1.60. The Morgan fingerprint density at radius 2 is 1.84 bits per heavy atom. The number of allylic oxidation sites excluding steroid dienone is 1. The van der Waals surface area contributed by atoms with Crippen molar-refractivity contribution in [3.8, 4) is 27.6 Å². The van der Waals surface area contributed by atoms with Crippen LogP contribution in [-0.4, -0.2) is 85.8 Å². The molecule has 6 rings (SSSR count). The number of ether oxygens (including phenoxy) is 2. The Balaban J connectivity index is 1.35. The first-order chi connectivity index (χ1) is 23.9. The summed E-state index contributed by atoms with van der Waals surface area (Å²) in [6, 6.07) is 8.89. The molecule has 1 aromatic carbocycles. The highest BCUT2D eigenvalue weighted by Gasteiger charge is 2.61. The average Bonchev–Trinajstić information content (AvgIpc) is 3.52. The lowest BCUT2D eigenvalue weighted by Gasteiger charge is -2.30. The van der Waals surface area contributed by atoms with Crippen LogP contribution >= 0.6 is 11.3 Å². The first kappa shape index (κ1) is 35.1. The molecule has 4 heterocycles. The van der Waals surface area contributed by atoms with Crippen LogP contribution in [0.2, 0.25) is 0 Å². The Labute approximate surface area is 295 Å². The van der Waals surface area contributed by atoms with Gasteiger partial charge in [-0.15, -0.1) is 11.3 Å². The predicted molar refractivity (Wildman–Crippen MR) is 186 cm³/mol. The molecule has 3 aromatic rings. The monoisotopic (exact) mass is 704 g/mol. The van der Waals surface area contributed by atoms with Crippen molar-refractivity contribution in [3.63, 3.8) is 0 Å². The molecule has 3 N–H and O–H groups in total. The molecule has 2 aliphatic heterocycles. The van der Waals surface area contributed by atoms with E-state index in [1.54, 1.807) is 32.7 Å². The van der Waals surface area contributed by atoms with Crippen molar-refractivity contribution in [3.05, 3.63) is 53.9 Å². The summed E-state index contributed by atoms with van der Waals surface area (Å²) in [5, 5.41) is 27.6. The van der Waals surface area contributed by atoms with Gasteiger partial charge < -0.3 is 30.1 Å². The van der Waals surface area contributed by atoms with Crippen molar-refractivity contribution >= 4 is 35.2 Å². The van der Waals surface area contributed by atoms with E-state index < -0.39 is 53.1 Å². The maximum atomic E-state index is 14.4. The van der Waals surface area contributed by atoms with E-state index in [1.807, 2.05) is 53.9 Å². The number of hydrogen-bond acceptors (Lipinski definition) is 9. The van der Waals surface area contributed by atoms with Crippen LogP contribution in [0.4, 0.5) is 4.79 Å². The van der Waals surface area contributed by atoms with Crippen molar-refractivity contribution in [2.45, 2.75) is 95.0 Å². The van der Waals surface area contributed by atoms with Crippen LogP contribution in [0.1, 0.15) is 71.8 Å². The van der Waals surface area contributed by atoms with Gasteiger partial charge in [0.1, 0.15) is 40.4 Å². The van der Waals surface area contributed by atoms with E-state index in [1.165, 1.54) is 16.2 Å². The number of methoxy groups -OCH3 is 1. The fourth-order valence-corrected chi connectivity index (χ4v) is 7.41. The molecule has 0 bridgehead atoms. The first-order valence-electron chi connectivity index (χ1n) is 17.1. The lowest BCUT2D eigenvalue weighted by Crippen LogP contribution is -2.56. The fraction of sp³-hybridized carbons (Fsp3) is 0.500. The Morgan fingerprint density at radius 1 is 1.08 bits per heavy atom. The van der Waals surface area contributed by atoms with Gasteiger partial charge in [-0.25, -0.2) is 9.59 Å². The molecule has 1 aliphatic carbocycles. The number of benzene rings is 1. The minimum Gasteiger partial charge on any atom is -0.497 e. The summed E-state index contributed by atoms with van der Waals surface area (Å²) in [6.45, 7) is 5.31. The maximum absolute atomic E-state index is 14.4. The Bertz CT molecular complexity index is 1750. The van der Waals surface area contributed by atoms with Gasteiger partial charge >= 0.3 is 12.1 Å². The van der Waals surface area contributed by atoms with Crippen LogP contribution < -0.4 is 15.4 Å². The number of aliphatic carboxylic acids is 1. The molecule has 14 heteroatoms. The molecule has 266 valence electrons. The Hall–Kier alpha value is -4.72. The van der Waals surface area contributed by atoms with Crippen LogP contribution in [0.5, 0.6) is 5.75 Å². The minimum absolute atomic E-state index is 0.0768. The lowest BCUT2D eigenvalue weighted by molar-refractivity contribution is -0.145. The van der Waals surface area contributed by atoms with Crippen molar-refractivity contribution in [2.24, 2.45) is 5.92 Å². The number of rotatable bonds is 6. The van der Waals surface area contributed by atoms with E-state index in [2.05, 4.69) is 10.6 Å². The van der Waals surface area contributed by atoms with Gasteiger partial charge in [0, 0.05) is 24.4 Å². The van der Waals surface area contributed by atoms with Crippen molar-refractivity contribution < 1.29 is 33.8 Å². The number of aromatic nitrogens is 3. The van der Waals surface area contributed by atoms with Crippen molar-refractivity contribution in [1.29, 1.82) is 0 Å². The van der Waals surface area contributed by atoms with E-state index in [0.717, 1.165) is 29.7 Å². The lowest BCUT2D eigenvalue weighted by atomic mass is 10.0. The summed E-state index contributed by atoms with van der Waals surface area (Å²) in [6.07, 6.45) is 6.94. The third-order valence-electron chi connectivity index (χ3n) is 9.40. The van der Waals surface area contributed by atoms with Crippen molar-refractivity contribution in [2.75, 3.05) is 13.7 Å². The Kier molecular flexibility index (Phi) is 10.0. The SMILES string of the molecule is COc1ccc(-c2nn([C@H]3C[C@H]4C(=O)N[C@]5(C(=O)O)C[C@@H]5/C=C\CCCCC[C@H](NC(=O)OC(C)(C)C)C(=O)N4C3)nc2-c2cccs2)cc1. The number of fused-ring (bicyclic) bond motifs is 2. The van der Waals surface area contributed by atoms with E-state index in [-0.39, 0.29) is 25.3 Å². The standard InChI is InChI=1S/C36H44N6O7S/c1-35(2,3)49-34(47)37-26-12-9-7-5-6-8-11-23-20-36(23,33(45)46)38-31(43)27-19-24(21-41(27)32(26)44)42-39-29(22-14-16-25(48-4)17-15-22)30(40-42)28-13-10-18-50-28/h8,10-11,13-18,23-24,26-27H,5-7,9,12,19-21H2,1-4H3,(H,37,47)(H,38,43)(H,45,46)/b11-8-/t23-,24-,26-,27-,36+/m0/s1. The number of nitrogens with zero attached hydrogens (tertiary/aromatic N) is 4. The third kappa shape index (κ3) is 7.54. The van der Waals surface area contributed by atoms with Crippen LogP contribution in [-0.2, 0) is 19.1 Å². The zero-order valence-electron chi connectivity index (χ0n) is 28.8. The van der Waals surface area contributed by atoms with E-state index in [4.69, 9.17) is 19.7 Å². The molecule has 1 saturated heterocycles. The highest BCUT2D eigenvalue weighted by Crippen LogP contribution is 2.46. The number of carboxylic acids is 1. The molecule has 13 nitrogen and oxygen atoms in total. The molecule has 0 radical (unpaired) electrons. The van der Waals surface area contributed by atoms with Gasteiger partial charge in [-0.2, -0.15) is 15.0 Å². The molecular weight excluding hydrogens is 660 g/mol. The summed E-state index contributed by atoms with van der Waals surface area (Å²) >= 11 is 1.52. The summed E-state index contributed by atoms with van der Waals surface area (Å²) in [5.74, 6) is -1.76.